The van der Waals surface area contributed by atoms with E-state index in [1.807, 2.05) is 0 Å². The molecule has 1 N–H and O–H groups in total. The molecule has 0 saturated heterocycles. The Kier molecular flexibility index (Phi) is 4.44. The minimum absolute atomic E-state index is 0.0886. The van der Waals surface area contributed by atoms with E-state index in [0.29, 0.717) is 22.4 Å². The van der Waals surface area contributed by atoms with Crippen LogP contribution in [0.5, 0.6) is 17.2 Å². The molecular weight excluding hydrogens is 448 g/mol. The number of aromatic hydroxyl groups is 1. The van der Waals surface area contributed by atoms with Crippen LogP contribution in [0.25, 0.3) is 0 Å². The van der Waals surface area contributed by atoms with Gasteiger partial charge in [0.15, 0.2) is 28.7 Å². The summed E-state index contributed by atoms with van der Waals surface area (Å²) >= 11 is 0. The summed E-state index contributed by atoms with van der Waals surface area (Å²) in [4.78, 5) is 40.4. The Balaban J connectivity index is 1.53. The normalized spacial score (nSPS) is 21.7. The average molecular weight is 466 g/mol. The number of carbonyl (C=O) groups is 3. The molecule has 0 bridgehead atoms. The van der Waals surface area contributed by atoms with Crippen LogP contribution in [0.1, 0.15) is 31.8 Å². The van der Waals surface area contributed by atoms with E-state index in [9.17, 15) is 19.5 Å². The van der Waals surface area contributed by atoms with Gasteiger partial charge >= 0.3 is 5.97 Å². The molecule has 7 nitrogen and oxygen atoms in total. The van der Waals surface area contributed by atoms with Gasteiger partial charge in [-0.25, -0.2) is 4.79 Å². The van der Waals surface area contributed by atoms with Crippen molar-refractivity contribution in [2.75, 3.05) is 7.11 Å². The molecule has 1 aliphatic carbocycles. The van der Waals surface area contributed by atoms with Crippen molar-refractivity contribution >= 4 is 17.5 Å². The van der Waals surface area contributed by atoms with Gasteiger partial charge in [0.05, 0.1) is 18.2 Å². The van der Waals surface area contributed by atoms with Crippen LogP contribution < -0.4 is 9.47 Å². The Morgan fingerprint density at radius 1 is 0.971 bits per heavy atom. The Hall–Kier alpha value is -4.65. The molecule has 3 aromatic rings. The predicted octanol–water partition coefficient (Wildman–Crippen LogP) is 4.10. The van der Waals surface area contributed by atoms with E-state index >= 15 is 0 Å². The predicted molar refractivity (Wildman–Crippen MR) is 123 cm³/mol. The van der Waals surface area contributed by atoms with Crippen molar-refractivity contribution in [2.45, 2.75) is 5.60 Å². The monoisotopic (exact) mass is 466 g/mol. The summed E-state index contributed by atoms with van der Waals surface area (Å²) in [6.07, 6.45) is 2.99. The molecule has 0 amide bonds. The molecule has 0 radical (unpaired) electrons. The Bertz CT molecular complexity index is 1510. The molecule has 2 atom stereocenters. The molecule has 0 aromatic heterocycles. The summed E-state index contributed by atoms with van der Waals surface area (Å²) < 4.78 is 17.2. The fraction of sp³-hybridized carbons (Fsp3) is 0.107. The van der Waals surface area contributed by atoms with Crippen LogP contribution in [0, 0.1) is 5.92 Å². The minimum atomic E-state index is -1.47. The summed E-state index contributed by atoms with van der Waals surface area (Å²) in [6, 6.07) is 18.1. The van der Waals surface area contributed by atoms with Crippen molar-refractivity contribution in [2.24, 2.45) is 5.92 Å². The number of phenolic OH excluding ortho intramolecular Hbond substituents is 1. The molecular formula is C28H18O7. The Morgan fingerprint density at radius 2 is 1.71 bits per heavy atom. The second-order valence-corrected chi connectivity index (χ2v) is 8.43. The number of para-hydroxylation sites is 1. The van der Waals surface area contributed by atoms with Crippen molar-refractivity contribution in [3.05, 3.63) is 112 Å². The van der Waals surface area contributed by atoms with Crippen LogP contribution in [0.2, 0.25) is 0 Å². The van der Waals surface area contributed by atoms with E-state index < -0.39 is 29.1 Å². The molecule has 2 aliphatic heterocycles. The number of Topliss-reactive ketones (excluding diaryl/α,β-unsaturated/α-hetero) is 2. The highest BCUT2D eigenvalue weighted by Crippen LogP contribution is 2.56. The number of ketones is 2. The number of ether oxygens (including phenoxy) is 3. The molecule has 172 valence electrons. The Morgan fingerprint density at radius 3 is 2.51 bits per heavy atom. The first-order valence-electron chi connectivity index (χ1n) is 10.9. The minimum Gasteiger partial charge on any atom is -0.504 e. The number of rotatable bonds is 3. The lowest BCUT2D eigenvalue weighted by Gasteiger charge is -2.42. The quantitative estimate of drug-likeness (QED) is 0.353. The summed E-state index contributed by atoms with van der Waals surface area (Å²) in [5.41, 5.74) is 0.0546. The van der Waals surface area contributed by atoms with E-state index in [0.717, 1.165) is 0 Å². The molecule has 3 aliphatic rings. The first kappa shape index (κ1) is 20.9. The molecule has 0 fully saturated rings. The zero-order valence-electron chi connectivity index (χ0n) is 18.5. The number of methoxy groups -OCH3 is 1. The first-order chi connectivity index (χ1) is 17.0. The van der Waals surface area contributed by atoms with Crippen molar-refractivity contribution in [3.63, 3.8) is 0 Å². The number of allylic oxidation sites excluding steroid dienone is 3. The van der Waals surface area contributed by atoms with E-state index in [2.05, 4.69) is 0 Å². The number of benzene rings is 3. The number of esters is 1. The third-order valence-corrected chi connectivity index (χ3v) is 6.64. The smallest absolute Gasteiger partial charge is 0.339 e. The van der Waals surface area contributed by atoms with Crippen LogP contribution in [-0.2, 0) is 15.1 Å². The van der Waals surface area contributed by atoms with E-state index in [-0.39, 0.29) is 28.4 Å². The number of phenols is 1. The molecule has 6 rings (SSSR count). The number of hydrogen-bond donors (Lipinski definition) is 1. The lowest BCUT2D eigenvalue weighted by atomic mass is 9.68. The zero-order valence-corrected chi connectivity index (χ0v) is 18.5. The summed E-state index contributed by atoms with van der Waals surface area (Å²) in [5, 5.41) is 9.89. The van der Waals surface area contributed by atoms with E-state index in [4.69, 9.17) is 14.2 Å². The fourth-order valence-corrected chi connectivity index (χ4v) is 5.07. The lowest BCUT2D eigenvalue weighted by Crippen LogP contribution is -2.48. The van der Waals surface area contributed by atoms with Gasteiger partial charge < -0.3 is 19.3 Å². The van der Waals surface area contributed by atoms with Crippen LogP contribution in [0.4, 0.5) is 0 Å². The van der Waals surface area contributed by atoms with Crippen LogP contribution in [-0.4, -0.2) is 29.8 Å². The van der Waals surface area contributed by atoms with Gasteiger partial charge in [0, 0.05) is 16.7 Å². The van der Waals surface area contributed by atoms with Crippen LogP contribution in [0.3, 0.4) is 0 Å². The van der Waals surface area contributed by atoms with Crippen molar-refractivity contribution in [3.8, 4) is 17.2 Å². The summed E-state index contributed by atoms with van der Waals surface area (Å²) in [5.74, 6) is -1.96. The van der Waals surface area contributed by atoms with Gasteiger partial charge in [-0.2, -0.15) is 0 Å². The molecule has 7 heteroatoms. The van der Waals surface area contributed by atoms with Gasteiger partial charge in [0.2, 0.25) is 0 Å². The maximum atomic E-state index is 14.0. The highest BCUT2D eigenvalue weighted by atomic mass is 16.6. The Labute approximate surface area is 199 Å². The zero-order chi connectivity index (χ0) is 24.3. The number of carbonyl (C=O) groups excluding carboxylic acids is 3. The van der Waals surface area contributed by atoms with Crippen LogP contribution in [0.15, 0.2) is 90.2 Å². The summed E-state index contributed by atoms with van der Waals surface area (Å²) in [7, 11) is 1.37. The largest absolute Gasteiger partial charge is 0.504 e. The van der Waals surface area contributed by atoms with Crippen molar-refractivity contribution < 1.29 is 33.7 Å². The topological polar surface area (TPSA) is 99.1 Å². The number of fused-ring (bicyclic) bond motifs is 6. The molecule has 3 aromatic carbocycles. The van der Waals surface area contributed by atoms with Gasteiger partial charge in [-0.05, 0) is 42.5 Å². The molecule has 2 unspecified atom stereocenters. The summed E-state index contributed by atoms with van der Waals surface area (Å²) in [6.45, 7) is 0. The highest BCUT2D eigenvalue weighted by molar-refractivity contribution is 6.28. The van der Waals surface area contributed by atoms with Crippen LogP contribution >= 0.6 is 0 Å². The average Bonchev–Trinajstić information content (AvgIpc) is 3.17. The third-order valence-electron chi connectivity index (χ3n) is 6.64. The third kappa shape index (κ3) is 2.81. The second kappa shape index (κ2) is 7.43. The standard InChI is InChI=1S/C28H18O7/c1-33-23-14-15(10-12-20(23)29)25(30)17-11-13-22-24(26(17)31)28(19-8-4-5-9-21(19)34-22)18-7-3-2-6-16(18)27(32)35-28/h2-14,24,29H,1H3. The van der Waals surface area contributed by atoms with Gasteiger partial charge in [-0.15, -0.1) is 0 Å². The lowest BCUT2D eigenvalue weighted by molar-refractivity contribution is -0.126. The molecule has 0 saturated carbocycles. The maximum Gasteiger partial charge on any atom is 0.339 e. The van der Waals surface area contributed by atoms with Gasteiger partial charge in [-0.3, -0.25) is 9.59 Å². The van der Waals surface area contributed by atoms with Gasteiger partial charge in [0.1, 0.15) is 17.4 Å². The fourth-order valence-electron chi connectivity index (χ4n) is 5.07. The number of hydrogen-bond acceptors (Lipinski definition) is 7. The van der Waals surface area contributed by atoms with Gasteiger partial charge in [-0.1, -0.05) is 36.4 Å². The SMILES string of the molecule is COc1cc(C(=O)C2=CC=C3Oc4ccccc4C4(OC(=O)c5ccccc54)C3C2=O)ccc1O. The molecule has 1 spiro atoms. The van der Waals surface area contributed by atoms with E-state index in [1.54, 1.807) is 54.6 Å². The van der Waals surface area contributed by atoms with E-state index in [1.165, 1.54) is 31.4 Å². The maximum absolute atomic E-state index is 14.0. The van der Waals surface area contributed by atoms with Gasteiger partial charge in [0.25, 0.3) is 0 Å². The molecule has 35 heavy (non-hydrogen) atoms. The highest BCUT2D eigenvalue weighted by Gasteiger charge is 2.61. The van der Waals surface area contributed by atoms with Crippen molar-refractivity contribution in [1.29, 1.82) is 0 Å². The molecule has 2 heterocycles. The second-order valence-electron chi connectivity index (χ2n) is 8.43. The first-order valence-corrected chi connectivity index (χ1v) is 10.9. The van der Waals surface area contributed by atoms with Crippen molar-refractivity contribution in [1.82, 2.24) is 0 Å².